The van der Waals surface area contributed by atoms with Crippen LogP contribution in [0.2, 0.25) is 0 Å². The Morgan fingerprint density at radius 3 is 3.08 bits per heavy atom. The predicted octanol–water partition coefficient (Wildman–Crippen LogP) is -1.25. The molecule has 1 aromatic heterocycles. The van der Waals surface area contributed by atoms with Crippen LogP contribution in [0.5, 0.6) is 0 Å². The molecule has 0 bridgehead atoms. The lowest BCUT2D eigenvalue weighted by atomic mass is 10.4. The summed E-state index contributed by atoms with van der Waals surface area (Å²) in [6, 6.07) is 0. The Bertz CT molecular complexity index is 232. The maximum atomic E-state index is 11.1. The fraction of sp³-hybridized carbons (Fsp3) is 0.500. The van der Waals surface area contributed by atoms with Crippen LogP contribution in [0.4, 0.5) is 0 Å². The van der Waals surface area contributed by atoms with Gasteiger partial charge < -0.3 is 10.6 Å². The average molecular weight is 169 g/mol. The lowest BCUT2D eigenvalue weighted by molar-refractivity contribution is 0.0949. The van der Waals surface area contributed by atoms with E-state index < -0.39 is 0 Å². The van der Waals surface area contributed by atoms with Crippen molar-refractivity contribution in [3.8, 4) is 0 Å². The standard InChI is InChI=1S/C6H11N5O/c1-7-2-3-8-6(12)5-4-9-11-10-5/h4,7H,2-3H2,1H3,(H,8,12)(H,9,10,11). The monoisotopic (exact) mass is 169 g/mol. The summed E-state index contributed by atoms with van der Waals surface area (Å²) in [5.74, 6) is -0.209. The number of nitrogens with one attached hydrogen (secondary N) is 3. The summed E-state index contributed by atoms with van der Waals surface area (Å²) in [5, 5.41) is 15.1. The molecule has 0 fully saturated rings. The van der Waals surface area contributed by atoms with Crippen LogP contribution in [0, 0.1) is 0 Å². The number of H-pyrrole nitrogens is 1. The number of rotatable bonds is 4. The summed E-state index contributed by atoms with van der Waals surface area (Å²) in [6.07, 6.45) is 1.38. The summed E-state index contributed by atoms with van der Waals surface area (Å²) in [4.78, 5) is 11.1. The molecule has 3 N–H and O–H groups in total. The first kappa shape index (κ1) is 8.66. The highest BCUT2D eigenvalue weighted by molar-refractivity contribution is 5.91. The summed E-state index contributed by atoms with van der Waals surface area (Å²) in [5.41, 5.74) is 0.311. The summed E-state index contributed by atoms with van der Waals surface area (Å²) < 4.78 is 0. The Kier molecular flexibility index (Phi) is 3.21. The Morgan fingerprint density at radius 1 is 1.67 bits per heavy atom. The molecule has 0 spiro atoms. The fourth-order valence-electron chi connectivity index (χ4n) is 0.703. The molecule has 66 valence electrons. The first-order chi connectivity index (χ1) is 5.84. The number of carbonyl (C=O) groups is 1. The van der Waals surface area contributed by atoms with Gasteiger partial charge in [-0.05, 0) is 7.05 Å². The van der Waals surface area contributed by atoms with E-state index >= 15 is 0 Å². The van der Waals surface area contributed by atoms with Crippen LogP contribution in [-0.2, 0) is 0 Å². The lowest BCUT2D eigenvalue weighted by Crippen LogP contribution is -2.30. The second-order valence-corrected chi connectivity index (χ2v) is 2.21. The molecule has 0 aliphatic carbocycles. The smallest absolute Gasteiger partial charge is 0.273 e. The normalized spacial score (nSPS) is 9.75. The number of nitrogens with zero attached hydrogens (tertiary/aromatic N) is 2. The highest BCUT2D eigenvalue weighted by Gasteiger charge is 2.05. The molecule has 1 amide bonds. The van der Waals surface area contributed by atoms with Gasteiger partial charge in [-0.1, -0.05) is 0 Å². The molecule has 0 radical (unpaired) electrons. The Labute approximate surface area is 69.7 Å². The van der Waals surface area contributed by atoms with Crippen molar-refractivity contribution in [1.82, 2.24) is 26.0 Å². The van der Waals surface area contributed by atoms with Gasteiger partial charge in [0.05, 0.1) is 6.20 Å². The molecule has 0 saturated heterocycles. The zero-order chi connectivity index (χ0) is 8.81. The fourth-order valence-corrected chi connectivity index (χ4v) is 0.703. The molecule has 1 aromatic rings. The lowest BCUT2D eigenvalue weighted by Gasteiger charge is -2.00. The highest BCUT2D eigenvalue weighted by atomic mass is 16.1. The quantitative estimate of drug-likeness (QED) is 0.492. The zero-order valence-electron chi connectivity index (χ0n) is 6.79. The molecular weight excluding hydrogens is 158 g/mol. The number of aromatic amines is 1. The molecule has 1 heterocycles. The van der Waals surface area contributed by atoms with Crippen molar-refractivity contribution < 1.29 is 4.79 Å². The van der Waals surface area contributed by atoms with Crippen LogP contribution in [0.3, 0.4) is 0 Å². The minimum absolute atomic E-state index is 0.209. The highest BCUT2D eigenvalue weighted by Crippen LogP contribution is 1.86. The van der Waals surface area contributed by atoms with E-state index in [1.54, 1.807) is 0 Å². The van der Waals surface area contributed by atoms with Crippen molar-refractivity contribution in [2.24, 2.45) is 0 Å². The molecule has 6 nitrogen and oxygen atoms in total. The second-order valence-electron chi connectivity index (χ2n) is 2.21. The van der Waals surface area contributed by atoms with E-state index in [2.05, 4.69) is 26.0 Å². The van der Waals surface area contributed by atoms with E-state index in [0.29, 0.717) is 12.2 Å². The van der Waals surface area contributed by atoms with Gasteiger partial charge in [-0.3, -0.25) is 4.79 Å². The third kappa shape index (κ3) is 2.31. The Hall–Kier alpha value is -1.43. The summed E-state index contributed by atoms with van der Waals surface area (Å²) in [7, 11) is 1.82. The van der Waals surface area contributed by atoms with E-state index in [1.165, 1.54) is 6.20 Å². The summed E-state index contributed by atoms with van der Waals surface area (Å²) in [6.45, 7) is 1.33. The van der Waals surface area contributed by atoms with Crippen molar-refractivity contribution in [3.05, 3.63) is 11.9 Å². The largest absolute Gasteiger partial charge is 0.349 e. The van der Waals surface area contributed by atoms with Gasteiger partial charge in [0.2, 0.25) is 0 Å². The maximum absolute atomic E-state index is 11.1. The molecule has 0 saturated carbocycles. The average Bonchev–Trinajstić information content (AvgIpc) is 2.56. The van der Waals surface area contributed by atoms with Gasteiger partial charge in [0.1, 0.15) is 0 Å². The minimum Gasteiger partial charge on any atom is -0.349 e. The van der Waals surface area contributed by atoms with E-state index in [9.17, 15) is 4.79 Å². The number of carbonyl (C=O) groups excluding carboxylic acids is 1. The number of amides is 1. The second kappa shape index (κ2) is 4.45. The molecular formula is C6H11N5O. The molecule has 0 atom stereocenters. The number of hydrogen-bond acceptors (Lipinski definition) is 4. The first-order valence-electron chi connectivity index (χ1n) is 3.63. The van der Waals surface area contributed by atoms with E-state index in [1.807, 2.05) is 7.05 Å². The third-order valence-electron chi connectivity index (χ3n) is 1.31. The van der Waals surface area contributed by atoms with Crippen molar-refractivity contribution in [3.63, 3.8) is 0 Å². The van der Waals surface area contributed by atoms with Crippen LogP contribution < -0.4 is 10.6 Å². The molecule has 0 aromatic carbocycles. The van der Waals surface area contributed by atoms with Gasteiger partial charge in [0, 0.05) is 13.1 Å². The molecule has 0 unspecified atom stereocenters. The van der Waals surface area contributed by atoms with Gasteiger partial charge in [-0.2, -0.15) is 15.4 Å². The SMILES string of the molecule is CNCCNC(=O)c1cn[nH]n1. The Balaban J connectivity index is 2.30. The molecule has 0 aliphatic heterocycles. The molecule has 0 aliphatic rings. The third-order valence-corrected chi connectivity index (χ3v) is 1.31. The van der Waals surface area contributed by atoms with Crippen molar-refractivity contribution in [2.45, 2.75) is 0 Å². The van der Waals surface area contributed by atoms with Gasteiger partial charge in [0.15, 0.2) is 5.69 Å². The molecule has 6 heteroatoms. The van der Waals surface area contributed by atoms with Gasteiger partial charge in [0.25, 0.3) is 5.91 Å². The van der Waals surface area contributed by atoms with Crippen LogP contribution >= 0.6 is 0 Å². The molecule has 1 rings (SSSR count). The van der Waals surface area contributed by atoms with Crippen molar-refractivity contribution in [2.75, 3.05) is 20.1 Å². The van der Waals surface area contributed by atoms with Crippen LogP contribution in [0.15, 0.2) is 6.20 Å². The first-order valence-corrected chi connectivity index (χ1v) is 3.63. The predicted molar refractivity (Wildman–Crippen MR) is 42.6 cm³/mol. The minimum atomic E-state index is -0.209. The number of aromatic nitrogens is 3. The van der Waals surface area contributed by atoms with E-state index in [4.69, 9.17) is 0 Å². The Morgan fingerprint density at radius 2 is 2.50 bits per heavy atom. The van der Waals surface area contributed by atoms with Crippen molar-refractivity contribution in [1.29, 1.82) is 0 Å². The van der Waals surface area contributed by atoms with E-state index in [0.717, 1.165) is 6.54 Å². The number of hydrogen-bond donors (Lipinski definition) is 3. The van der Waals surface area contributed by atoms with Crippen LogP contribution in [0.25, 0.3) is 0 Å². The van der Waals surface area contributed by atoms with Crippen LogP contribution in [-0.4, -0.2) is 41.5 Å². The van der Waals surface area contributed by atoms with Crippen molar-refractivity contribution >= 4 is 5.91 Å². The van der Waals surface area contributed by atoms with Crippen LogP contribution in [0.1, 0.15) is 10.5 Å². The zero-order valence-corrected chi connectivity index (χ0v) is 6.79. The molecule has 12 heavy (non-hydrogen) atoms. The van der Waals surface area contributed by atoms with Gasteiger partial charge in [-0.15, -0.1) is 0 Å². The maximum Gasteiger partial charge on any atom is 0.273 e. The van der Waals surface area contributed by atoms with Gasteiger partial charge in [-0.25, -0.2) is 0 Å². The topological polar surface area (TPSA) is 82.7 Å². The van der Waals surface area contributed by atoms with Gasteiger partial charge >= 0.3 is 0 Å². The number of likely N-dealkylation sites (N-methyl/N-ethyl adjacent to an activating group) is 1. The summed E-state index contributed by atoms with van der Waals surface area (Å²) >= 11 is 0. The van der Waals surface area contributed by atoms with E-state index in [-0.39, 0.29) is 5.91 Å².